The Bertz CT molecular complexity index is 1080. The lowest BCUT2D eigenvalue weighted by Gasteiger charge is -2.30. The quantitative estimate of drug-likeness (QED) is 0.349. The first kappa shape index (κ1) is 23.0. The average Bonchev–Trinajstić information content (AvgIpc) is 2.69. The molecule has 2 aromatic carbocycles. The summed E-state index contributed by atoms with van der Waals surface area (Å²) >= 11 is 8.78. The molecule has 1 aliphatic heterocycles. The first-order chi connectivity index (χ1) is 14.7. The summed E-state index contributed by atoms with van der Waals surface area (Å²) in [6.07, 6.45) is 1.48. The van der Waals surface area contributed by atoms with Gasteiger partial charge in [0, 0.05) is 0 Å². The van der Waals surface area contributed by atoms with E-state index in [1.54, 1.807) is 18.2 Å². The van der Waals surface area contributed by atoms with E-state index in [0.717, 1.165) is 5.56 Å². The van der Waals surface area contributed by atoms with Crippen molar-refractivity contribution in [3.63, 3.8) is 0 Å². The molecule has 162 valence electrons. The normalized spacial score (nSPS) is 15.5. The second-order valence-corrected chi connectivity index (χ2v) is 8.41. The molecular weight excluding hydrogens is 480 g/mol. The lowest BCUT2D eigenvalue weighted by atomic mass is 10.1. The number of nitrogens with one attached hydrogen (secondary N) is 1. The van der Waals surface area contributed by atoms with Crippen LogP contribution in [0.2, 0.25) is 0 Å². The van der Waals surface area contributed by atoms with Gasteiger partial charge in [0.1, 0.15) is 5.57 Å². The lowest BCUT2D eigenvalue weighted by molar-refractivity contribution is -0.122. The number of hydrogen-bond acceptors (Lipinski definition) is 5. The molecule has 0 aliphatic carbocycles. The Morgan fingerprint density at radius 1 is 1.23 bits per heavy atom. The van der Waals surface area contributed by atoms with E-state index in [0.29, 0.717) is 33.8 Å². The zero-order chi connectivity index (χ0) is 22.7. The molecule has 2 aromatic rings. The summed E-state index contributed by atoms with van der Waals surface area (Å²) in [5.41, 5.74) is 2.08. The van der Waals surface area contributed by atoms with Gasteiger partial charge in [0.2, 0.25) is 0 Å². The number of amides is 2. The molecule has 6 nitrogen and oxygen atoms in total. The van der Waals surface area contributed by atoms with Crippen molar-refractivity contribution in [2.45, 2.75) is 33.8 Å². The second kappa shape index (κ2) is 9.62. The van der Waals surface area contributed by atoms with Crippen LogP contribution in [-0.2, 0) is 9.59 Å². The summed E-state index contributed by atoms with van der Waals surface area (Å²) in [5, 5.41) is 2.66. The molecule has 0 unspecified atom stereocenters. The van der Waals surface area contributed by atoms with Gasteiger partial charge < -0.3 is 9.47 Å². The van der Waals surface area contributed by atoms with Crippen LogP contribution in [0.25, 0.3) is 6.08 Å². The summed E-state index contributed by atoms with van der Waals surface area (Å²) in [4.78, 5) is 27.2. The first-order valence-electron chi connectivity index (χ1n) is 9.83. The molecule has 1 fully saturated rings. The molecule has 1 saturated heterocycles. The van der Waals surface area contributed by atoms with E-state index < -0.39 is 11.8 Å². The summed E-state index contributed by atoms with van der Waals surface area (Å²) in [7, 11) is 0. The molecule has 0 spiro atoms. The number of nitrogens with zero attached hydrogens (tertiary/aromatic N) is 1. The Balaban J connectivity index is 2.05. The minimum absolute atomic E-state index is 0.0243. The maximum absolute atomic E-state index is 13.3. The Kier molecular flexibility index (Phi) is 7.12. The van der Waals surface area contributed by atoms with Crippen molar-refractivity contribution in [3.05, 3.63) is 57.6 Å². The van der Waals surface area contributed by atoms with E-state index in [-0.39, 0.29) is 16.8 Å². The van der Waals surface area contributed by atoms with Crippen molar-refractivity contribution in [1.29, 1.82) is 0 Å². The van der Waals surface area contributed by atoms with Crippen molar-refractivity contribution >= 4 is 56.8 Å². The molecular formula is C23H23BrN2O4S. The molecule has 0 saturated carbocycles. The number of carbonyl (C=O) groups excluding carboxylic acids is 2. The molecule has 3 rings (SSSR count). The number of carbonyl (C=O) groups is 2. The van der Waals surface area contributed by atoms with Crippen molar-refractivity contribution in [3.8, 4) is 11.5 Å². The molecule has 2 amide bonds. The number of anilines is 1. The van der Waals surface area contributed by atoms with Gasteiger partial charge in [-0.3, -0.25) is 19.8 Å². The molecule has 0 bridgehead atoms. The Labute approximate surface area is 195 Å². The SMILES string of the molecule is CCOc1cc(/C=C2\C(=O)NC(=S)N(c3ccccc3C)C2=O)cc(Br)c1OC(C)C. The van der Waals surface area contributed by atoms with Gasteiger partial charge in [-0.25, -0.2) is 0 Å². The van der Waals surface area contributed by atoms with E-state index in [2.05, 4.69) is 21.2 Å². The number of hydrogen-bond donors (Lipinski definition) is 1. The van der Waals surface area contributed by atoms with E-state index in [9.17, 15) is 9.59 Å². The summed E-state index contributed by atoms with van der Waals surface area (Å²) < 4.78 is 12.2. The van der Waals surface area contributed by atoms with Gasteiger partial charge in [-0.1, -0.05) is 18.2 Å². The monoisotopic (exact) mass is 502 g/mol. The van der Waals surface area contributed by atoms with Gasteiger partial charge in [-0.2, -0.15) is 0 Å². The highest BCUT2D eigenvalue weighted by Gasteiger charge is 2.35. The van der Waals surface area contributed by atoms with E-state index in [1.165, 1.54) is 11.0 Å². The van der Waals surface area contributed by atoms with Crippen molar-refractivity contribution in [2.24, 2.45) is 0 Å². The predicted octanol–water partition coefficient (Wildman–Crippen LogP) is 4.77. The van der Waals surface area contributed by atoms with Crippen LogP contribution < -0.4 is 19.7 Å². The highest BCUT2D eigenvalue weighted by atomic mass is 79.9. The number of ether oxygens (including phenoxy) is 2. The van der Waals surface area contributed by atoms with Crippen molar-refractivity contribution in [1.82, 2.24) is 5.32 Å². The maximum Gasteiger partial charge on any atom is 0.270 e. The molecule has 1 heterocycles. The van der Waals surface area contributed by atoms with E-state index in [4.69, 9.17) is 21.7 Å². The Morgan fingerprint density at radius 3 is 2.58 bits per heavy atom. The maximum atomic E-state index is 13.3. The van der Waals surface area contributed by atoms with Crippen molar-refractivity contribution in [2.75, 3.05) is 11.5 Å². The molecule has 1 aliphatic rings. The third-order valence-electron chi connectivity index (χ3n) is 4.45. The van der Waals surface area contributed by atoms with Crippen LogP contribution in [0.5, 0.6) is 11.5 Å². The molecule has 0 aromatic heterocycles. The molecule has 8 heteroatoms. The smallest absolute Gasteiger partial charge is 0.270 e. The summed E-state index contributed by atoms with van der Waals surface area (Å²) in [5.74, 6) is 0.0598. The zero-order valence-corrected chi connectivity index (χ0v) is 20.1. The van der Waals surface area contributed by atoms with Crippen LogP contribution in [-0.4, -0.2) is 29.6 Å². The van der Waals surface area contributed by atoms with Gasteiger partial charge >= 0.3 is 0 Å². The number of halogens is 1. The number of aryl methyl sites for hydroxylation is 1. The lowest BCUT2D eigenvalue weighted by Crippen LogP contribution is -2.54. The first-order valence-corrected chi connectivity index (χ1v) is 11.0. The van der Waals surface area contributed by atoms with Crippen LogP contribution in [0.1, 0.15) is 31.9 Å². The third-order valence-corrected chi connectivity index (χ3v) is 5.33. The van der Waals surface area contributed by atoms with Gasteiger partial charge in [-0.05, 0) is 91.2 Å². The fourth-order valence-corrected chi connectivity index (χ4v) is 3.97. The van der Waals surface area contributed by atoms with Crippen LogP contribution in [0.4, 0.5) is 5.69 Å². The average molecular weight is 503 g/mol. The third kappa shape index (κ3) is 4.97. The van der Waals surface area contributed by atoms with Crippen LogP contribution >= 0.6 is 28.1 Å². The molecule has 0 atom stereocenters. The highest BCUT2D eigenvalue weighted by molar-refractivity contribution is 9.10. The number of thiocarbonyl (C=S) groups is 1. The minimum atomic E-state index is -0.545. The fraction of sp³-hybridized carbons (Fsp3) is 0.261. The zero-order valence-electron chi connectivity index (χ0n) is 17.7. The highest BCUT2D eigenvalue weighted by Crippen LogP contribution is 2.38. The van der Waals surface area contributed by atoms with Crippen molar-refractivity contribution < 1.29 is 19.1 Å². The number of benzene rings is 2. The van der Waals surface area contributed by atoms with E-state index >= 15 is 0 Å². The van der Waals surface area contributed by atoms with Gasteiger partial charge in [-0.15, -0.1) is 0 Å². The van der Waals surface area contributed by atoms with Gasteiger partial charge in [0.25, 0.3) is 11.8 Å². The summed E-state index contributed by atoms with van der Waals surface area (Å²) in [6, 6.07) is 10.9. The Hall–Kier alpha value is -2.71. The molecule has 1 N–H and O–H groups in total. The summed E-state index contributed by atoms with van der Waals surface area (Å²) in [6.45, 7) is 8.04. The largest absolute Gasteiger partial charge is 0.490 e. The Morgan fingerprint density at radius 2 is 1.94 bits per heavy atom. The predicted molar refractivity (Wildman–Crippen MR) is 128 cm³/mol. The topological polar surface area (TPSA) is 67.9 Å². The van der Waals surface area contributed by atoms with Gasteiger partial charge in [0.05, 0.1) is 22.9 Å². The van der Waals surface area contributed by atoms with Gasteiger partial charge in [0.15, 0.2) is 16.6 Å². The molecule has 31 heavy (non-hydrogen) atoms. The van der Waals surface area contributed by atoms with Crippen LogP contribution in [0.15, 0.2) is 46.4 Å². The number of para-hydroxylation sites is 1. The second-order valence-electron chi connectivity index (χ2n) is 7.17. The molecule has 0 radical (unpaired) electrons. The van der Waals surface area contributed by atoms with E-state index in [1.807, 2.05) is 45.9 Å². The standard InChI is InChI=1S/C23H23BrN2O4S/c1-5-29-19-12-15(11-17(24)20(19)30-13(2)3)10-16-21(27)25-23(31)26(22(16)28)18-9-7-6-8-14(18)4/h6-13H,5H2,1-4H3,(H,25,27,31)/b16-10+. The fourth-order valence-electron chi connectivity index (χ4n) is 3.14. The van der Waals surface area contributed by atoms with Crippen LogP contribution in [0.3, 0.4) is 0 Å². The number of rotatable bonds is 6. The minimum Gasteiger partial charge on any atom is -0.490 e. The van der Waals surface area contributed by atoms with Crippen LogP contribution in [0, 0.1) is 6.92 Å².